The standard InChI is InChI=1S/C14H21F2N/c1-2-3-4-5-6-7-10-17-14-9-8-12(15)11-13(14)16/h8-9,11,17H,2-7,10H2,1H3. The van der Waals surface area contributed by atoms with Gasteiger partial charge in [-0.05, 0) is 18.6 Å². The van der Waals surface area contributed by atoms with E-state index in [-0.39, 0.29) is 0 Å². The molecule has 0 spiro atoms. The van der Waals surface area contributed by atoms with Crippen LogP contribution in [0.3, 0.4) is 0 Å². The number of hydrogen-bond acceptors (Lipinski definition) is 1. The lowest BCUT2D eigenvalue weighted by Crippen LogP contribution is -2.03. The molecule has 0 amide bonds. The second kappa shape index (κ2) is 8.04. The van der Waals surface area contributed by atoms with Gasteiger partial charge in [-0.25, -0.2) is 8.78 Å². The quantitative estimate of drug-likeness (QED) is 0.648. The lowest BCUT2D eigenvalue weighted by molar-refractivity contribution is 0.583. The van der Waals surface area contributed by atoms with Crippen LogP contribution >= 0.6 is 0 Å². The molecule has 0 aliphatic carbocycles. The molecule has 0 aromatic heterocycles. The average molecular weight is 241 g/mol. The van der Waals surface area contributed by atoms with E-state index in [2.05, 4.69) is 12.2 Å². The fourth-order valence-electron chi connectivity index (χ4n) is 1.76. The van der Waals surface area contributed by atoms with Crippen LogP contribution in [0.1, 0.15) is 45.4 Å². The Morgan fingerprint density at radius 1 is 1.00 bits per heavy atom. The van der Waals surface area contributed by atoms with Gasteiger partial charge in [-0.15, -0.1) is 0 Å². The van der Waals surface area contributed by atoms with E-state index in [1.807, 2.05) is 0 Å². The number of halogens is 2. The highest BCUT2D eigenvalue weighted by Crippen LogP contribution is 2.15. The van der Waals surface area contributed by atoms with E-state index < -0.39 is 11.6 Å². The number of unbranched alkanes of at least 4 members (excludes halogenated alkanes) is 5. The molecule has 17 heavy (non-hydrogen) atoms. The molecule has 0 bridgehead atoms. The summed E-state index contributed by atoms with van der Waals surface area (Å²) in [5.74, 6) is -1.05. The molecular weight excluding hydrogens is 220 g/mol. The van der Waals surface area contributed by atoms with Crippen molar-refractivity contribution in [3.05, 3.63) is 29.8 Å². The minimum Gasteiger partial charge on any atom is -0.383 e. The fraction of sp³-hybridized carbons (Fsp3) is 0.571. The van der Waals surface area contributed by atoms with Crippen molar-refractivity contribution < 1.29 is 8.78 Å². The molecule has 0 heterocycles. The predicted octanol–water partition coefficient (Wildman–Crippen LogP) is 4.74. The SMILES string of the molecule is CCCCCCCCNc1ccc(F)cc1F. The molecule has 0 fully saturated rings. The number of benzene rings is 1. The Labute approximate surface area is 102 Å². The molecule has 0 aliphatic rings. The lowest BCUT2D eigenvalue weighted by Gasteiger charge is -2.07. The molecule has 1 aromatic carbocycles. The monoisotopic (exact) mass is 241 g/mol. The van der Waals surface area contributed by atoms with Crippen LogP contribution in [0.2, 0.25) is 0 Å². The molecule has 3 heteroatoms. The topological polar surface area (TPSA) is 12.0 Å². The number of rotatable bonds is 8. The van der Waals surface area contributed by atoms with E-state index in [1.54, 1.807) is 0 Å². The van der Waals surface area contributed by atoms with Crippen molar-refractivity contribution >= 4 is 5.69 Å². The van der Waals surface area contributed by atoms with Crippen molar-refractivity contribution in [3.63, 3.8) is 0 Å². The van der Waals surface area contributed by atoms with Gasteiger partial charge in [0.15, 0.2) is 0 Å². The maximum Gasteiger partial charge on any atom is 0.149 e. The van der Waals surface area contributed by atoms with Crippen LogP contribution in [-0.2, 0) is 0 Å². The van der Waals surface area contributed by atoms with Crippen LogP contribution in [0.4, 0.5) is 14.5 Å². The summed E-state index contributed by atoms with van der Waals surface area (Å²) in [6.45, 7) is 2.94. The third-order valence-corrected chi connectivity index (χ3v) is 2.78. The molecule has 96 valence electrons. The Kier molecular flexibility index (Phi) is 6.60. The molecule has 0 saturated carbocycles. The van der Waals surface area contributed by atoms with Crippen LogP contribution in [0, 0.1) is 11.6 Å². The highest BCUT2D eigenvalue weighted by molar-refractivity contribution is 5.44. The first-order chi connectivity index (χ1) is 8.24. The van der Waals surface area contributed by atoms with Crippen molar-refractivity contribution in [1.29, 1.82) is 0 Å². The largest absolute Gasteiger partial charge is 0.383 e. The zero-order valence-electron chi connectivity index (χ0n) is 10.4. The zero-order valence-corrected chi connectivity index (χ0v) is 10.4. The summed E-state index contributed by atoms with van der Waals surface area (Å²) >= 11 is 0. The molecule has 1 rings (SSSR count). The van der Waals surface area contributed by atoms with Crippen LogP contribution in [-0.4, -0.2) is 6.54 Å². The summed E-state index contributed by atoms with van der Waals surface area (Å²) < 4.78 is 25.9. The van der Waals surface area contributed by atoms with E-state index in [9.17, 15) is 8.78 Å². The third kappa shape index (κ3) is 5.66. The van der Waals surface area contributed by atoms with Crippen molar-refractivity contribution in [3.8, 4) is 0 Å². The number of nitrogens with one attached hydrogen (secondary N) is 1. The average Bonchev–Trinajstić information content (AvgIpc) is 2.30. The van der Waals surface area contributed by atoms with E-state index >= 15 is 0 Å². The Bertz CT molecular complexity index is 326. The van der Waals surface area contributed by atoms with Crippen molar-refractivity contribution in [2.45, 2.75) is 45.4 Å². The van der Waals surface area contributed by atoms with Gasteiger partial charge in [0.2, 0.25) is 0 Å². The second-order valence-corrected chi connectivity index (χ2v) is 4.32. The van der Waals surface area contributed by atoms with E-state index in [4.69, 9.17) is 0 Å². The summed E-state index contributed by atoms with van der Waals surface area (Å²) in [5.41, 5.74) is 0.389. The van der Waals surface area contributed by atoms with Crippen LogP contribution in [0.25, 0.3) is 0 Å². The Morgan fingerprint density at radius 2 is 1.71 bits per heavy atom. The van der Waals surface area contributed by atoms with Gasteiger partial charge in [0.25, 0.3) is 0 Å². The van der Waals surface area contributed by atoms with Gasteiger partial charge in [0, 0.05) is 12.6 Å². The van der Waals surface area contributed by atoms with Gasteiger partial charge in [-0.3, -0.25) is 0 Å². The minimum atomic E-state index is -0.535. The van der Waals surface area contributed by atoms with E-state index in [1.165, 1.54) is 37.8 Å². The van der Waals surface area contributed by atoms with E-state index in [0.29, 0.717) is 5.69 Å². The molecular formula is C14H21F2N. The summed E-state index contributed by atoms with van der Waals surface area (Å²) in [6.07, 6.45) is 7.25. The van der Waals surface area contributed by atoms with Crippen LogP contribution in [0.15, 0.2) is 18.2 Å². The maximum absolute atomic E-state index is 13.2. The Morgan fingerprint density at radius 3 is 2.41 bits per heavy atom. The molecule has 1 aromatic rings. The van der Waals surface area contributed by atoms with Gasteiger partial charge < -0.3 is 5.32 Å². The summed E-state index contributed by atoms with van der Waals surface area (Å²) in [6, 6.07) is 3.62. The van der Waals surface area contributed by atoms with E-state index in [0.717, 1.165) is 25.5 Å². The second-order valence-electron chi connectivity index (χ2n) is 4.32. The molecule has 0 atom stereocenters. The maximum atomic E-state index is 13.2. The summed E-state index contributed by atoms with van der Waals surface area (Å²) in [7, 11) is 0. The first kappa shape index (κ1) is 13.9. The van der Waals surface area contributed by atoms with Gasteiger partial charge >= 0.3 is 0 Å². The third-order valence-electron chi connectivity index (χ3n) is 2.78. The zero-order chi connectivity index (χ0) is 12.5. The van der Waals surface area contributed by atoms with Gasteiger partial charge in [0.1, 0.15) is 11.6 Å². The highest BCUT2D eigenvalue weighted by Gasteiger charge is 2.02. The summed E-state index contributed by atoms with van der Waals surface area (Å²) in [4.78, 5) is 0. The molecule has 1 nitrogen and oxygen atoms in total. The highest BCUT2D eigenvalue weighted by atomic mass is 19.1. The first-order valence-corrected chi connectivity index (χ1v) is 6.43. The lowest BCUT2D eigenvalue weighted by atomic mass is 10.1. The van der Waals surface area contributed by atoms with Crippen LogP contribution < -0.4 is 5.32 Å². The van der Waals surface area contributed by atoms with Crippen LogP contribution in [0.5, 0.6) is 0 Å². The molecule has 0 aliphatic heterocycles. The number of hydrogen-bond donors (Lipinski definition) is 1. The molecule has 1 N–H and O–H groups in total. The van der Waals surface area contributed by atoms with Gasteiger partial charge in [-0.2, -0.15) is 0 Å². The van der Waals surface area contributed by atoms with Gasteiger partial charge in [-0.1, -0.05) is 39.0 Å². The molecule has 0 saturated heterocycles. The summed E-state index contributed by atoms with van der Waals surface area (Å²) in [5, 5.41) is 2.99. The Hall–Kier alpha value is -1.12. The van der Waals surface area contributed by atoms with Crippen molar-refractivity contribution in [2.75, 3.05) is 11.9 Å². The Balaban J connectivity index is 2.14. The molecule has 0 radical (unpaired) electrons. The smallest absolute Gasteiger partial charge is 0.149 e. The van der Waals surface area contributed by atoms with Gasteiger partial charge in [0.05, 0.1) is 5.69 Å². The predicted molar refractivity (Wildman–Crippen MR) is 68.2 cm³/mol. The normalized spacial score (nSPS) is 10.5. The molecule has 0 unspecified atom stereocenters. The minimum absolute atomic E-state index is 0.389. The number of anilines is 1. The fourth-order valence-corrected chi connectivity index (χ4v) is 1.76. The van der Waals surface area contributed by atoms with Crippen molar-refractivity contribution in [2.24, 2.45) is 0 Å². The van der Waals surface area contributed by atoms with Crippen molar-refractivity contribution in [1.82, 2.24) is 0 Å². The first-order valence-electron chi connectivity index (χ1n) is 6.43.